The summed E-state index contributed by atoms with van der Waals surface area (Å²) in [6, 6.07) is 9.38. The van der Waals surface area contributed by atoms with Crippen LogP contribution in [0.2, 0.25) is 0 Å². The van der Waals surface area contributed by atoms with Gasteiger partial charge in [-0.25, -0.2) is 14.4 Å². The van der Waals surface area contributed by atoms with Crippen molar-refractivity contribution < 1.29 is 23.9 Å². The molecule has 0 saturated carbocycles. The first kappa shape index (κ1) is 21.0. The fraction of sp³-hybridized carbons (Fsp3) is 0.286. The Hall–Kier alpha value is -3.35. The summed E-state index contributed by atoms with van der Waals surface area (Å²) in [5.41, 5.74) is 3.26. The van der Waals surface area contributed by atoms with Crippen molar-refractivity contribution in [2.75, 3.05) is 23.8 Å². The minimum absolute atomic E-state index is 0.270. The Morgan fingerprint density at radius 3 is 1.50 bits per heavy atom. The van der Waals surface area contributed by atoms with E-state index in [1.165, 1.54) is 0 Å². The van der Waals surface area contributed by atoms with E-state index < -0.39 is 18.0 Å². The van der Waals surface area contributed by atoms with E-state index in [-0.39, 0.29) is 13.2 Å². The molecule has 0 radical (unpaired) electrons. The van der Waals surface area contributed by atoms with Gasteiger partial charge in [0.15, 0.2) is 0 Å². The van der Waals surface area contributed by atoms with Crippen molar-refractivity contribution in [2.24, 2.45) is 0 Å². The molecule has 7 heteroatoms. The number of aryl methyl sites for hydroxylation is 2. The summed E-state index contributed by atoms with van der Waals surface area (Å²) < 4.78 is 9.97. The molecule has 0 aliphatic heterocycles. The third-order valence-electron chi connectivity index (χ3n) is 3.99. The molecule has 7 nitrogen and oxygen atoms in total. The van der Waals surface area contributed by atoms with E-state index in [4.69, 9.17) is 9.47 Å². The summed E-state index contributed by atoms with van der Waals surface area (Å²) in [6.07, 6.45) is 0. The zero-order chi connectivity index (χ0) is 20.7. The molecule has 28 heavy (non-hydrogen) atoms. The summed E-state index contributed by atoms with van der Waals surface area (Å²) >= 11 is 0. The highest BCUT2D eigenvalue weighted by atomic mass is 16.5. The van der Waals surface area contributed by atoms with Crippen molar-refractivity contribution in [3.8, 4) is 0 Å². The lowest BCUT2D eigenvalue weighted by Crippen LogP contribution is -2.21. The van der Waals surface area contributed by atoms with Crippen molar-refractivity contribution >= 4 is 29.3 Å². The normalized spacial score (nSPS) is 10.1. The Kier molecular flexibility index (Phi) is 7.14. The molecule has 2 N–H and O–H groups in total. The van der Waals surface area contributed by atoms with Crippen LogP contribution >= 0.6 is 0 Å². The van der Waals surface area contributed by atoms with Gasteiger partial charge in [-0.05, 0) is 63.1 Å². The number of hydrogen-bond donors (Lipinski definition) is 2. The lowest BCUT2D eigenvalue weighted by molar-refractivity contribution is 0.0517. The van der Waals surface area contributed by atoms with Crippen LogP contribution in [0, 0.1) is 13.8 Å². The summed E-state index contributed by atoms with van der Waals surface area (Å²) in [6.45, 7) is 7.63. The molecule has 0 spiro atoms. The van der Waals surface area contributed by atoms with E-state index in [0.717, 1.165) is 11.1 Å². The molecule has 0 fully saturated rings. The lowest BCUT2D eigenvalue weighted by atomic mass is 10.1. The van der Waals surface area contributed by atoms with Crippen LogP contribution in [0.1, 0.15) is 45.7 Å². The smallest absolute Gasteiger partial charge is 0.338 e. The van der Waals surface area contributed by atoms with Crippen LogP contribution in [0.15, 0.2) is 36.4 Å². The molecule has 0 heterocycles. The molecule has 0 aromatic heterocycles. The zero-order valence-corrected chi connectivity index (χ0v) is 16.4. The van der Waals surface area contributed by atoms with E-state index >= 15 is 0 Å². The largest absolute Gasteiger partial charge is 0.462 e. The second kappa shape index (κ2) is 9.55. The van der Waals surface area contributed by atoms with Crippen LogP contribution in [-0.4, -0.2) is 31.2 Å². The number of benzene rings is 2. The van der Waals surface area contributed by atoms with Crippen LogP contribution in [0.4, 0.5) is 16.2 Å². The molecule has 2 rings (SSSR count). The molecule has 2 aromatic rings. The Labute approximate surface area is 164 Å². The molecule has 2 aromatic carbocycles. The van der Waals surface area contributed by atoms with Crippen LogP contribution < -0.4 is 10.6 Å². The van der Waals surface area contributed by atoms with Gasteiger partial charge in [0.1, 0.15) is 0 Å². The second-order valence-electron chi connectivity index (χ2n) is 6.08. The van der Waals surface area contributed by atoms with Crippen molar-refractivity contribution in [1.82, 2.24) is 0 Å². The number of carbonyl (C=O) groups is 3. The van der Waals surface area contributed by atoms with Gasteiger partial charge in [0.2, 0.25) is 0 Å². The molecular formula is C21H24N2O5. The lowest BCUT2D eigenvalue weighted by Gasteiger charge is -2.13. The maximum Gasteiger partial charge on any atom is 0.338 e. The summed E-state index contributed by atoms with van der Waals surface area (Å²) in [7, 11) is 0. The fourth-order valence-electron chi connectivity index (χ4n) is 2.47. The Balaban J connectivity index is 2.16. The third kappa shape index (κ3) is 5.33. The van der Waals surface area contributed by atoms with E-state index in [2.05, 4.69) is 10.6 Å². The van der Waals surface area contributed by atoms with Gasteiger partial charge in [0, 0.05) is 11.4 Å². The monoisotopic (exact) mass is 384 g/mol. The number of esters is 2. The van der Waals surface area contributed by atoms with Gasteiger partial charge < -0.3 is 20.1 Å². The molecular weight excluding hydrogens is 360 g/mol. The maximum absolute atomic E-state index is 12.4. The molecule has 0 aliphatic carbocycles. The highest BCUT2D eigenvalue weighted by Gasteiger charge is 2.13. The SMILES string of the molecule is CCOC(=O)c1ccc(C)c(NC(=O)Nc2cc(C(=O)OCC)ccc2C)c1. The van der Waals surface area contributed by atoms with Gasteiger partial charge >= 0.3 is 18.0 Å². The molecule has 0 unspecified atom stereocenters. The Morgan fingerprint density at radius 1 is 0.750 bits per heavy atom. The standard InChI is InChI=1S/C21H24N2O5/c1-5-27-19(24)15-9-7-13(3)17(11-15)22-21(26)23-18-12-16(10-8-14(18)4)20(25)28-6-2/h7-12H,5-6H2,1-4H3,(H2,22,23,26). The average Bonchev–Trinajstić information content (AvgIpc) is 2.65. The molecule has 0 aliphatic rings. The minimum Gasteiger partial charge on any atom is -0.462 e. The van der Waals surface area contributed by atoms with Crippen LogP contribution in [-0.2, 0) is 9.47 Å². The van der Waals surface area contributed by atoms with Crippen LogP contribution in [0.25, 0.3) is 0 Å². The summed E-state index contributed by atoms with van der Waals surface area (Å²) in [5.74, 6) is -0.909. The van der Waals surface area contributed by atoms with E-state index in [0.29, 0.717) is 22.5 Å². The molecule has 0 atom stereocenters. The first-order valence-corrected chi connectivity index (χ1v) is 8.99. The topological polar surface area (TPSA) is 93.7 Å². The third-order valence-corrected chi connectivity index (χ3v) is 3.99. The van der Waals surface area contributed by atoms with Crippen molar-refractivity contribution in [1.29, 1.82) is 0 Å². The van der Waals surface area contributed by atoms with Crippen molar-refractivity contribution in [3.63, 3.8) is 0 Å². The number of ether oxygens (including phenoxy) is 2. The van der Waals surface area contributed by atoms with Crippen LogP contribution in [0.3, 0.4) is 0 Å². The van der Waals surface area contributed by atoms with E-state index in [1.807, 2.05) is 13.8 Å². The number of nitrogens with one attached hydrogen (secondary N) is 2. The van der Waals surface area contributed by atoms with Gasteiger partial charge in [0.05, 0.1) is 24.3 Å². The molecule has 0 saturated heterocycles. The number of hydrogen-bond acceptors (Lipinski definition) is 5. The van der Waals surface area contributed by atoms with Gasteiger partial charge in [-0.15, -0.1) is 0 Å². The number of carbonyl (C=O) groups excluding carboxylic acids is 3. The predicted molar refractivity (Wildman–Crippen MR) is 107 cm³/mol. The number of urea groups is 1. The molecule has 148 valence electrons. The van der Waals surface area contributed by atoms with Crippen LogP contribution in [0.5, 0.6) is 0 Å². The number of anilines is 2. The van der Waals surface area contributed by atoms with Gasteiger partial charge in [0.25, 0.3) is 0 Å². The maximum atomic E-state index is 12.4. The summed E-state index contributed by atoms with van der Waals surface area (Å²) in [4.78, 5) is 36.2. The predicted octanol–water partition coefficient (Wildman–Crippen LogP) is 4.30. The Bertz CT molecular complexity index is 821. The van der Waals surface area contributed by atoms with E-state index in [1.54, 1.807) is 50.2 Å². The minimum atomic E-state index is -0.492. The number of rotatable bonds is 6. The number of amides is 2. The highest BCUT2D eigenvalue weighted by molar-refractivity contribution is 6.02. The fourth-order valence-corrected chi connectivity index (χ4v) is 2.47. The molecule has 0 bridgehead atoms. The van der Waals surface area contributed by atoms with Gasteiger partial charge in [-0.3, -0.25) is 0 Å². The Morgan fingerprint density at radius 2 is 1.14 bits per heavy atom. The highest BCUT2D eigenvalue weighted by Crippen LogP contribution is 2.20. The average molecular weight is 384 g/mol. The summed E-state index contributed by atoms with van der Waals surface area (Å²) in [5, 5.41) is 5.45. The van der Waals surface area contributed by atoms with E-state index in [9.17, 15) is 14.4 Å². The van der Waals surface area contributed by atoms with Gasteiger partial charge in [-0.2, -0.15) is 0 Å². The quantitative estimate of drug-likeness (QED) is 0.724. The van der Waals surface area contributed by atoms with Crippen molar-refractivity contribution in [2.45, 2.75) is 27.7 Å². The first-order valence-electron chi connectivity index (χ1n) is 8.99. The second-order valence-corrected chi connectivity index (χ2v) is 6.08. The van der Waals surface area contributed by atoms with Gasteiger partial charge in [-0.1, -0.05) is 12.1 Å². The first-order chi connectivity index (χ1) is 13.3. The zero-order valence-electron chi connectivity index (χ0n) is 16.4. The molecule has 2 amide bonds. The van der Waals surface area contributed by atoms with Crippen molar-refractivity contribution in [3.05, 3.63) is 58.7 Å².